The van der Waals surface area contributed by atoms with Crippen molar-refractivity contribution in [1.82, 2.24) is 9.88 Å². The number of nitrogens with zero attached hydrogens (tertiary/aromatic N) is 2. The fourth-order valence-corrected chi connectivity index (χ4v) is 2.02. The van der Waals surface area contributed by atoms with E-state index in [2.05, 4.69) is 10.3 Å². The van der Waals surface area contributed by atoms with Crippen LogP contribution in [0.1, 0.15) is 5.56 Å². The summed E-state index contributed by atoms with van der Waals surface area (Å²) in [4.78, 5) is 18.0. The number of pyridine rings is 1. The zero-order valence-corrected chi connectivity index (χ0v) is 12.9. The molecule has 0 saturated carbocycles. The predicted octanol–water partition coefficient (Wildman–Crippen LogP) is 1.89. The number of likely N-dealkylation sites (N-methyl/N-ethyl adjacent to an activating group) is 1. The van der Waals surface area contributed by atoms with Gasteiger partial charge in [-0.25, -0.2) is 0 Å². The van der Waals surface area contributed by atoms with Crippen LogP contribution in [-0.4, -0.2) is 41.5 Å². The Morgan fingerprint density at radius 1 is 1.45 bits per heavy atom. The van der Waals surface area contributed by atoms with Crippen LogP contribution < -0.4 is 11.1 Å². The van der Waals surface area contributed by atoms with Crippen molar-refractivity contribution in [3.63, 3.8) is 0 Å². The Hall–Kier alpha value is -2.60. The Kier molecular flexibility index (Phi) is 4.62. The number of hydrogen-bond donors (Lipinski definition) is 3. The maximum atomic E-state index is 11.9. The van der Waals surface area contributed by atoms with Crippen LogP contribution in [-0.2, 0) is 4.79 Å². The zero-order valence-electron chi connectivity index (χ0n) is 12.9. The van der Waals surface area contributed by atoms with Crippen molar-refractivity contribution >= 4 is 28.2 Å². The number of fused-ring (bicyclic) bond motifs is 1. The molecule has 0 radical (unpaired) electrons. The number of nitrogens with two attached hydrogens (primary N) is 1. The molecule has 0 aliphatic rings. The minimum absolute atomic E-state index is 0.0291. The summed E-state index contributed by atoms with van der Waals surface area (Å²) in [5, 5.41) is 13.5. The number of aromatic hydroxyl groups is 1. The lowest BCUT2D eigenvalue weighted by Crippen LogP contribution is -2.13. The van der Waals surface area contributed by atoms with Gasteiger partial charge in [0.15, 0.2) is 0 Å². The molecule has 4 N–H and O–H groups in total. The van der Waals surface area contributed by atoms with Gasteiger partial charge in [0, 0.05) is 24.1 Å². The molecule has 0 spiro atoms. The number of rotatable bonds is 4. The number of amides is 1. The average Bonchev–Trinajstić information content (AvgIpc) is 2.44. The minimum atomic E-state index is -0.300. The van der Waals surface area contributed by atoms with Crippen molar-refractivity contribution in [2.24, 2.45) is 0 Å². The van der Waals surface area contributed by atoms with Crippen molar-refractivity contribution in [1.29, 1.82) is 0 Å². The molecule has 6 heteroatoms. The summed E-state index contributed by atoms with van der Waals surface area (Å²) in [5.74, 6) is -0.329. The Labute approximate surface area is 129 Å². The fourth-order valence-electron chi connectivity index (χ4n) is 2.02. The van der Waals surface area contributed by atoms with Crippen LogP contribution in [0.5, 0.6) is 5.75 Å². The molecule has 1 aromatic carbocycles. The zero-order chi connectivity index (χ0) is 16.3. The van der Waals surface area contributed by atoms with Gasteiger partial charge < -0.3 is 21.1 Å². The summed E-state index contributed by atoms with van der Waals surface area (Å²) in [6.45, 7) is 2.54. The molecule has 1 aromatic heterocycles. The summed E-state index contributed by atoms with van der Waals surface area (Å²) in [5.41, 5.74) is 8.24. The molecule has 0 saturated heterocycles. The number of carbonyl (C=O) groups is 1. The predicted molar refractivity (Wildman–Crippen MR) is 88.9 cm³/mol. The standard InChI is InChI=1S/C16H20N4O2/c1-10-11-7-14(19-16(22)5-4-6-20(2)3)15(21)8-13(11)18-9-12(10)17/h4-5,7-9,21H,6,17H2,1-3H3,(H,19,22). The molecule has 2 aromatic rings. The molecule has 0 aliphatic heterocycles. The number of aromatic nitrogens is 1. The van der Waals surface area contributed by atoms with Gasteiger partial charge in [-0.2, -0.15) is 0 Å². The molecule has 0 unspecified atom stereocenters. The van der Waals surface area contributed by atoms with Crippen molar-refractivity contribution < 1.29 is 9.90 Å². The van der Waals surface area contributed by atoms with Crippen LogP contribution in [0.4, 0.5) is 11.4 Å². The Morgan fingerprint density at radius 2 is 2.18 bits per heavy atom. The highest BCUT2D eigenvalue weighted by Crippen LogP contribution is 2.31. The Balaban J connectivity index is 2.28. The molecular formula is C16H20N4O2. The van der Waals surface area contributed by atoms with Gasteiger partial charge in [0.25, 0.3) is 0 Å². The van der Waals surface area contributed by atoms with Gasteiger partial charge in [-0.15, -0.1) is 0 Å². The lowest BCUT2D eigenvalue weighted by atomic mass is 10.1. The van der Waals surface area contributed by atoms with Gasteiger partial charge in [0.1, 0.15) is 5.75 Å². The van der Waals surface area contributed by atoms with Crippen LogP contribution in [0.25, 0.3) is 10.9 Å². The van der Waals surface area contributed by atoms with E-state index in [1.807, 2.05) is 25.9 Å². The van der Waals surface area contributed by atoms with E-state index in [0.29, 0.717) is 23.4 Å². The van der Waals surface area contributed by atoms with E-state index >= 15 is 0 Å². The van der Waals surface area contributed by atoms with Gasteiger partial charge in [-0.3, -0.25) is 9.78 Å². The third-order valence-electron chi connectivity index (χ3n) is 3.29. The first-order chi connectivity index (χ1) is 10.4. The van der Waals surface area contributed by atoms with Crippen molar-refractivity contribution in [3.8, 4) is 5.75 Å². The highest BCUT2D eigenvalue weighted by Gasteiger charge is 2.10. The normalized spacial score (nSPS) is 11.5. The number of benzene rings is 1. The van der Waals surface area contributed by atoms with Crippen molar-refractivity contribution in [2.75, 3.05) is 31.7 Å². The van der Waals surface area contributed by atoms with Crippen molar-refractivity contribution in [3.05, 3.63) is 36.0 Å². The average molecular weight is 300 g/mol. The number of nitrogens with one attached hydrogen (secondary N) is 1. The second kappa shape index (κ2) is 6.44. The fraction of sp³-hybridized carbons (Fsp3) is 0.250. The summed E-state index contributed by atoms with van der Waals surface area (Å²) < 4.78 is 0. The first-order valence-corrected chi connectivity index (χ1v) is 6.88. The topological polar surface area (TPSA) is 91.5 Å². The first kappa shape index (κ1) is 15.8. The third-order valence-corrected chi connectivity index (χ3v) is 3.29. The Morgan fingerprint density at radius 3 is 2.86 bits per heavy atom. The molecule has 0 bridgehead atoms. The number of carbonyl (C=O) groups excluding carboxylic acids is 1. The minimum Gasteiger partial charge on any atom is -0.506 e. The van der Waals surface area contributed by atoms with E-state index in [4.69, 9.17) is 5.73 Å². The monoisotopic (exact) mass is 300 g/mol. The summed E-state index contributed by atoms with van der Waals surface area (Å²) >= 11 is 0. The molecule has 0 fully saturated rings. The third kappa shape index (κ3) is 3.53. The number of nitrogen functional groups attached to an aromatic ring is 1. The number of anilines is 2. The first-order valence-electron chi connectivity index (χ1n) is 6.88. The van der Waals surface area contributed by atoms with Gasteiger partial charge in [-0.1, -0.05) is 6.08 Å². The smallest absolute Gasteiger partial charge is 0.248 e. The molecule has 0 atom stereocenters. The summed E-state index contributed by atoms with van der Waals surface area (Å²) in [6, 6.07) is 3.20. The highest BCUT2D eigenvalue weighted by atomic mass is 16.3. The largest absolute Gasteiger partial charge is 0.506 e. The van der Waals surface area contributed by atoms with E-state index in [1.54, 1.807) is 18.3 Å². The molecule has 22 heavy (non-hydrogen) atoms. The van der Waals surface area contributed by atoms with Crippen LogP contribution in [0, 0.1) is 6.92 Å². The van der Waals surface area contributed by atoms with Gasteiger partial charge >= 0.3 is 0 Å². The molecule has 1 amide bonds. The van der Waals surface area contributed by atoms with Crippen LogP contribution in [0.15, 0.2) is 30.5 Å². The summed E-state index contributed by atoms with van der Waals surface area (Å²) in [7, 11) is 3.83. The van der Waals surface area contributed by atoms with E-state index < -0.39 is 0 Å². The maximum absolute atomic E-state index is 11.9. The van der Waals surface area contributed by atoms with E-state index in [1.165, 1.54) is 12.1 Å². The number of phenolic OH excluding ortho intramolecular Hbond substituents is 1. The molecule has 1 heterocycles. The van der Waals surface area contributed by atoms with Gasteiger partial charge in [0.2, 0.25) is 5.91 Å². The highest BCUT2D eigenvalue weighted by molar-refractivity contribution is 6.02. The van der Waals surface area contributed by atoms with Gasteiger partial charge in [-0.05, 0) is 32.6 Å². The number of phenols is 1. The lowest BCUT2D eigenvalue weighted by Gasteiger charge is -2.10. The van der Waals surface area contributed by atoms with E-state index in [0.717, 1.165) is 10.9 Å². The molecular weight excluding hydrogens is 280 g/mol. The van der Waals surface area contributed by atoms with Crippen LogP contribution in [0.3, 0.4) is 0 Å². The maximum Gasteiger partial charge on any atom is 0.248 e. The quantitative estimate of drug-likeness (QED) is 0.592. The molecule has 0 aliphatic carbocycles. The lowest BCUT2D eigenvalue weighted by molar-refractivity contribution is -0.111. The van der Waals surface area contributed by atoms with Crippen LogP contribution in [0.2, 0.25) is 0 Å². The molecule has 2 rings (SSSR count). The van der Waals surface area contributed by atoms with E-state index in [9.17, 15) is 9.90 Å². The van der Waals surface area contributed by atoms with E-state index in [-0.39, 0.29) is 11.7 Å². The summed E-state index contributed by atoms with van der Waals surface area (Å²) in [6.07, 6.45) is 4.74. The second-order valence-corrected chi connectivity index (χ2v) is 5.38. The van der Waals surface area contributed by atoms with Gasteiger partial charge in [0.05, 0.1) is 23.1 Å². The second-order valence-electron chi connectivity index (χ2n) is 5.38. The SMILES string of the molecule is Cc1c(N)cnc2cc(O)c(NC(=O)C=CCN(C)C)cc12. The number of hydrogen-bond acceptors (Lipinski definition) is 5. The molecule has 116 valence electrons. The number of aryl methyl sites for hydroxylation is 1. The van der Waals surface area contributed by atoms with Crippen LogP contribution >= 0.6 is 0 Å². The molecule has 6 nitrogen and oxygen atoms in total. The Bertz CT molecular complexity index is 738. The van der Waals surface area contributed by atoms with Crippen molar-refractivity contribution in [2.45, 2.75) is 6.92 Å².